The van der Waals surface area contributed by atoms with E-state index in [0.717, 1.165) is 12.8 Å². The molecule has 0 radical (unpaired) electrons. The number of rotatable bonds is 6. The number of nitro benzene ring substituents is 1. The summed E-state index contributed by atoms with van der Waals surface area (Å²) in [6, 6.07) is 4.42. The van der Waals surface area contributed by atoms with Crippen molar-refractivity contribution in [3.63, 3.8) is 0 Å². The lowest BCUT2D eigenvalue weighted by molar-refractivity contribution is -0.384. The zero-order chi connectivity index (χ0) is 15.5. The number of nitrogens with zero attached hydrogens (tertiary/aromatic N) is 1. The minimum Gasteiger partial charge on any atom is -0.497 e. The van der Waals surface area contributed by atoms with E-state index in [4.69, 9.17) is 9.84 Å². The summed E-state index contributed by atoms with van der Waals surface area (Å²) >= 11 is 0. The van der Waals surface area contributed by atoms with Crippen molar-refractivity contribution in [3.8, 4) is 5.75 Å². The van der Waals surface area contributed by atoms with E-state index in [1.54, 1.807) is 6.07 Å². The van der Waals surface area contributed by atoms with Crippen molar-refractivity contribution in [1.82, 2.24) is 0 Å². The highest BCUT2D eigenvalue weighted by Crippen LogP contribution is 2.39. The van der Waals surface area contributed by atoms with Gasteiger partial charge in [-0.15, -0.1) is 0 Å². The van der Waals surface area contributed by atoms with Gasteiger partial charge in [0.15, 0.2) is 0 Å². The van der Waals surface area contributed by atoms with E-state index < -0.39 is 16.4 Å². The van der Waals surface area contributed by atoms with Gasteiger partial charge in [0.05, 0.1) is 18.5 Å². The summed E-state index contributed by atoms with van der Waals surface area (Å²) in [6.07, 6.45) is 3.15. The largest absolute Gasteiger partial charge is 0.497 e. The van der Waals surface area contributed by atoms with Crippen LogP contribution >= 0.6 is 0 Å². The van der Waals surface area contributed by atoms with Gasteiger partial charge in [0.2, 0.25) is 0 Å². The molecule has 2 rings (SSSR count). The lowest BCUT2D eigenvalue weighted by Crippen LogP contribution is -2.37. The molecule has 114 valence electrons. The number of nitrogens with one attached hydrogen (secondary N) is 1. The van der Waals surface area contributed by atoms with Crippen molar-refractivity contribution in [3.05, 3.63) is 28.3 Å². The maximum atomic E-state index is 11.1. The van der Waals surface area contributed by atoms with Gasteiger partial charge in [-0.2, -0.15) is 0 Å². The van der Waals surface area contributed by atoms with Gasteiger partial charge in [-0.3, -0.25) is 14.9 Å². The fourth-order valence-electron chi connectivity index (χ4n) is 2.87. The number of carbonyl (C=O) groups is 1. The maximum absolute atomic E-state index is 11.1. The van der Waals surface area contributed by atoms with Crippen LogP contribution < -0.4 is 10.1 Å². The molecule has 0 aromatic heterocycles. The third kappa shape index (κ3) is 3.42. The molecule has 7 nitrogen and oxygen atoms in total. The van der Waals surface area contributed by atoms with E-state index in [0.29, 0.717) is 24.3 Å². The minimum absolute atomic E-state index is 0.0542. The summed E-state index contributed by atoms with van der Waals surface area (Å²) in [5, 5.41) is 23.3. The van der Waals surface area contributed by atoms with Crippen molar-refractivity contribution >= 4 is 17.3 Å². The Balaban J connectivity index is 2.35. The zero-order valence-electron chi connectivity index (χ0n) is 11.8. The van der Waals surface area contributed by atoms with Crippen LogP contribution in [0.25, 0.3) is 0 Å². The average molecular weight is 294 g/mol. The van der Waals surface area contributed by atoms with Crippen molar-refractivity contribution in [1.29, 1.82) is 0 Å². The Hall–Kier alpha value is -2.31. The molecule has 0 aliphatic heterocycles. The van der Waals surface area contributed by atoms with Crippen LogP contribution in [0.5, 0.6) is 5.75 Å². The lowest BCUT2D eigenvalue weighted by atomic mass is 9.92. The third-order valence-electron chi connectivity index (χ3n) is 3.85. The van der Waals surface area contributed by atoms with Gasteiger partial charge in [-0.1, -0.05) is 12.8 Å². The normalized spacial score (nSPS) is 16.4. The number of nitro groups is 1. The fraction of sp³-hybridized carbons (Fsp3) is 0.500. The molecule has 21 heavy (non-hydrogen) atoms. The summed E-state index contributed by atoms with van der Waals surface area (Å²) < 4.78 is 5.09. The lowest BCUT2D eigenvalue weighted by Gasteiger charge is -2.29. The number of anilines is 1. The van der Waals surface area contributed by atoms with Crippen LogP contribution in [-0.4, -0.2) is 28.6 Å². The highest BCUT2D eigenvalue weighted by atomic mass is 16.6. The van der Waals surface area contributed by atoms with Crippen LogP contribution in [0.4, 0.5) is 11.4 Å². The van der Waals surface area contributed by atoms with Crippen LogP contribution in [0.1, 0.15) is 32.1 Å². The molecule has 0 unspecified atom stereocenters. The molecule has 0 atom stereocenters. The van der Waals surface area contributed by atoms with Crippen LogP contribution in [0.2, 0.25) is 0 Å². The number of hydrogen-bond acceptors (Lipinski definition) is 5. The Labute approximate surface area is 122 Å². The average Bonchev–Trinajstić information content (AvgIpc) is 2.85. The molecule has 1 aromatic carbocycles. The Bertz CT molecular complexity index is 552. The first-order valence-electron chi connectivity index (χ1n) is 6.78. The van der Waals surface area contributed by atoms with Gasteiger partial charge in [-0.05, 0) is 18.9 Å². The van der Waals surface area contributed by atoms with Gasteiger partial charge in [0, 0.05) is 17.7 Å². The number of carboxylic acids is 1. The SMILES string of the molecule is COc1ccc([N+](=O)[O-])c(NC2(CC(=O)O)CCCC2)c1. The molecule has 0 spiro atoms. The predicted molar refractivity (Wildman–Crippen MR) is 76.7 cm³/mol. The Morgan fingerprint density at radius 1 is 1.48 bits per heavy atom. The summed E-state index contributed by atoms with van der Waals surface area (Å²) in [4.78, 5) is 21.7. The van der Waals surface area contributed by atoms with Crippen molar-refractivity contribution < 1.29 is 19.6 Å². The topological polar surface area (TPSA) is 102 Å². The quantitative estimate of drug-likeness (QED) is 0.618. The van der Waals surface area contributed by atoms with Gasteiger partial charge < -0.3 is 15.2 Å². The molecule has 2 N–H and O–H groups in total. The highest BCUT2D eigenvalue weighted by molar-refractivity contribution is 5.71. The number of ether oxygens (including phenoxy) is 1. The summed E-state index contributed by atoms with van der Waals surface area (Å²) in [7, 11) is 1.48. The fourth-order valence-corrected chi connectivity index (χ4v) is 2.87. The summed E-state index contributed by atoms with van der Waals surface area (Å²) in [5.74, 6) is -0.415. The molecule has 0 amide bonds. The van der Waals surface area contributed by atoms with Crippen molar-refractivity contribution in [2.24, 2.45) is 0 Å². The summed E-state index contributed by atoms with van der Waals surface area (Å²) in [6.45, 7) is 0. The van der Waals surface area contributed by atoms with Crippen LogP contribution in [-0.2, 0) is 4.79 Å². The number of hydrogen-bond donors (Lipinski definition) is 2. The maximum Gasteiger partial charge on any atom is 0.305 e. The number of carboxylic acid groups (broad SMARTS) is 1. The molecule has 0 heterocycles. The van der Waals surface area contributed by atoms with E-state index in [1.165, 1.54) is 19.2 Å². The number of methoxy groups -OCH3 is 1. The second-order valence-electron chi connectivity index (χ2n) is 5.32. The zero-order valence-corrected chi connectivity index (χ0v) is 11.8. The molecule has 7 heteroatoms. The van der Waals surface area contributed by atoms with Crippen LogP contribution in [0.3, 0.4) is 0 Å². The number of aliphatic carboxylic acids is 1. The first-order chi connectivity index (χ1) is 9.96. The monoisotopic (exact) mass is 294 g/mol. The molecular formula is C14H18N2O5. The molecule has 0 saturated heterocycles. The Morgan fingerprint density at radius 3 is 2.67 bits per heavy atom. The van der Waals surface area contributed by atoms with E-state index in [1.807, 2.05) is 0 Å². The second kappa shape index (κ2) is 5.99. The molecule has 1 saturated carbocycles. The molecule has 1 aromatic rings. The smallest absolute Gasteiger partial charge is 0.305 e. The highest BCUT2D eigenvalue weighted by Gasteiger charge is 2.37. The van der Waals surface area contributed by atoms with Gasteiger partial charge in [0.1, 0.15) is 11.4 Å². The van der Waals surface area contributed by atoms with Gasteiger partial charge >= 0.3 is 5.97 Å². The second-order valence-corrected chi connectivity index (χ2v) is 5.32. The standard InChI is InChI=1S/C14H18N2O5/c1-21-10-4-5-12(16(19)20)11(8-10)15-14(9-13(17)18)6-2-3-7-14/h4-5,8,15H,2-3,6-7,9H2,1H3,(H,17,18). The van der Waals surface area contributed by atoms with E-state index in [-0.39, 0.29) is 12.1 Å². The third-order valence-corrected chi connectivity index (χ3v) is 3.85. The molecule has 0 bridgehead atoms. The van der Waals surface area contributed by atoms with Gasteiger partial charge in [-0.25, -0.2) is 0 Å². The first kappa shape index (κ1) is 15.1. The Kier molecular flexibility index (Phi) is 4.30. The van der Waals surface area contributed by atoms with E-state index >= 15 is 0 Å². The van der Waals surface area contributed by atoms with E-state index in [2.05, 4.69) is 5.32 Å². The first-order valence-corrected chi connectivity index (χ1v) is 6.78. The number of benzene rings is 1. The van der Waals surface area contributed by atoms with Crippen LogP contribution in [0.15, 0.2) is 18.2 Å². The van der Waals surface area contributed by atoms with Gasteiger partial charge in [0.25, 0.3) is 5.69 Å². The molecule has 1 aliphatic rings. The molecule has 1 fully saturated rings. The van der Waals surface area contributed by atoms with E-state index in [9.17, 15) is 14.9 Å². The van der Waals surface area contributed by atoms with Crippen molar-refractivity contribution in [2.45, 2.75) is 37.6 Å². The van der Waals surface area contributed by atoms with Crippen LogP contribution in [0, 0.1) is 10.1 Å². The molecule has 1 aliphatic carbocycles. The minimum atomic E-state index is -0.907. The Morgan fingerprint density at radius 2 is 2.14 bits per heavy atom. The van der Waals surface area contributed by atoms with Crippen molar-refractivity contribution in [2.75, 3.05) is 12.4 Å². The summed E-state index contributed by atoms with van der Waals surface area (Å²) in [5.41, 5.74) is -0.391. The molecular weight excluding hydrogens is 276 g/mol. The predicted octanol–water partition coefficient (Wildman–Crippen LogP) is 2.80.